The van der Waals surface area contributed by atoms with E-state index in [1.165, 1.54) is 5.56 Å². The second-order valence-electron chi connectivity index (χ2n) is 5.57. The maximum absolute atomic E-state index is 11.9. The summed E-state index contributed by atoms with van der Waals surface area (Å²) in [7, 11) is 1.99. The Kier molecular flexibility index (Phi) is 2.67. The van der Waals surface area contributed by atoms with Gasteiger partial charge in [0.1, 0.15) is 5.54 Å². The number of carboxylic acids is 1. The average Bonchev–Trinajstić information content (AvgIpc) is 2.61. The summed E-state index contributed by atoms with van der Waals surface area (Å²) < 4.78 is 0. The summed E-state index contributed by atoms with van der Waals surface area (Å²) in [6.07, 6.45) is 3.91. The molecule has 1 N–H and O–H groups in total. The molecule has 0 spiro atoms. The number of carbonyl (C=O) groups is 1. The molecule has 1 aromatic rings. The number of benzene rings is 1. The van der Waals surface area contributed by atoms with E-state index in [4.69, 9.17) is 0 Å². The van der Waals surface area contributed by atoms with Gasteiger partial charge in [0, 0.05) is 12.0 Å². The molecule has 3 heteroatoms. The van der Waals surface area contributed by atoms with Crippen molar-refractivity contribution in [2.75, 3.05) is 7.05 Å². The van der Waals surface area contributed by atoms with Gasteiger partial charge in [-0.1, -0.05) is 30.3 Å². The van der Waals surface area contributed by atoms with Crippen LogP contribution in [0.25, 0.3) is 0 Å². The van der Waals surface area contributed by atoms with E-state index in [2.05, 4.69) is 17.0 Å². The molecular formula is C15H19NO2. The first kappa shape index (κ1) is 11.7. The number of aliphatic carboxylic acids is 1. The predicted molar refractivity (Wildman–Crippen MR) is 69.6 cm³/mol. The Morgan fingerprint density at radius 1 is 1.28 bits per heavy atom. The van der Waals surface area contributed by atoms with Crippen LogP contribution in [0.15, 0.2) is 30.3 Å². The second kappa shape index (κ2) is 4.09. The Bertz CT molecular complexity index is 459. The number of carboxylic acid groups (broad SMARTS) is 1. The van der Waals surface area contributed by atoms with Crippen LogP contribution in [0.1, 0.15) is 37.2 Å². The minimum absolute atomic E-state index is 0.125. The molecule has 3 atom stereocenters. The highest BCUT2D eigenvalue weighted by Gasteiger charge is 2.57. The van der Waals surface area contributed by atoms with Gasteiger partial charge >= 0.3 is 5.97 Å². The van der Waals surface area contributed by atoms with Crippen LogP contribution in [-0.4, -0.2) is 34.6 Å². The van der Waals surface area contributed by atoms with E-state index >= 15 is 0 Å². The lowest BCUT2D eigenvalue weighted by Crippen LogP contribution is -2.57. The summed E-state index contributed by atoms with van der Waals surface area (Å²) in [6, 6.07) is 10.6. The van der Waals surface area contributed by atoms with E-state index in [-0.39, 0.29) is 5.92 Å². The van der Waals surface area contributed by atoms with Gasteiger partial charge in [0.25, 0.3) is 0 Å². The number of nitrogens with zero attached hydrogens (tertiary/aromatic N) is 1. The Hall–Kier alpha value is -1.35. The van der Waals surface area contributed by atoms with Gasteiger partial charge < -0.3 is 5.11 Å². The lowest BCUT2D eigenvalue weighted by Gasteiger charge is -2.45. The predicted octanol–water partition coefficient (Wildman–Crippen LogP) is 2.48. The maximum Gasteiger partial charge on any atom is 0.324 e. The number of hydrogen-bond donors (Lipinski definition) is 1. The molecule has 2 aliphatic heterocycles. The van der Waals surface area contributed by atoms with E-state index < -0.39 is 11.5 Å². The van der Waals surface area contributed by atoms with Crippen molar-refractivity contribution in [2.45, 2.75) is 43.2 Å². The van der Waals surface area contributed by atoms with Gasteiger partial charge in [-0.15, -0.1) is 0 Å². The highest BCUT2D eigenvalue weighted by Crippen LogP contribution is 2.51. The number of piperidine rings is 1. The van der Waals surface area contributed by atoms with Crippen LogP contribution in [0.4, 0.5) is 0 Å². The third kappa shape index (κ3) is 1.43. The van der Waals surface area contributed by atoms with Crippen LogP contribution >= 0.6 is 0 Å². The topological polar surface area (TPSA) is 40.5 Å². The van der Waals surface area contributed by atoms with Crippen LogP contribution in [0.5, 0.6) is 0 Å². The van der Waals surface area contributed by atoms with Gasteiger partial charge in [0.2, 0.25) is 0 Å². The van der Waals surface area contributed by atoms with Gasteiger partial charge in [-0.2, -0.15) is 0 Å². The van der Waals surface area contributed by atoms with E-state index in [9.17, 15) is 9.90 Å². The van der Waals surface area contributed by atoms with Crippen molar-refractivity contribution in [2.24, 2.45) is 0 Å². The first-order chi connectivity index (χ1) is 8.66. The monoisotopic (exact) mass is 245 g/mol. The van der Waals surface area contributed by atoms with Gasteiger partial charge in [0.15, 0.2) is 0 Å². The summed E-state index contributed by atoms with van der Waals surface area (Å²) >= 11 is 0. The van der Waals surface area contributed by atoms with Crippen molar-refractivity contribution in [1.82, 2.24) is 4.90 Å². The summed E-state index contributed by atoms with van der Waals surface area (Å²) in [5.41, 5.74) is 0.497. The Balaban J connectivity index is 2.06. The number of hydrogen-bond acceptors (Lipinski definition) is 2. The molecule has 96 valence electrons. The summed E-state index contributed by atoms with van der Waals surface area (Å²) in [5, 5.41) is 9.78. The van der Waals surface area contributed by atoms with Gasteiger partial charge in [-0.25, -0.2) is 0 Å². The molecule has 0 aromatic heterocycles. The Morgan fingerprint density at radius 3 is 2.67 bits per heavy atom. The minimum atomic E-state index is -0.676. The van der Waals surface area contributed by atoms with Gasteiger partial charge in [-0.05, 0) is 38.3 Å². The molecule has 0 radical (unpaired) electrons. The van der Waals surface area contributed by atoms with Crippen molar-refractivity contribution in [3.05, 3.63) is 35.9 Å². The minimum Gasteiger partial charge on any atom is -0.480 e. The molecule has 3 nitrogen and oxygen atoms in total. The second-order valence-corrected chi connectivity index (χ2v) is 5.57. The average molecular weight is 245 g/mol. The molecule has 3 rings (SSSR count). The zero-order chi connectivity index (χ0) is 12.8. The zero-order valence-corrected chi connectivity index (χ0v) is 10.7. The Labute approximate surface area is 107 Å². The smallest absolute Gasteiger partial charge is 0.324 e. The summed E-state index contributed by atoms with van der Waals surface area (Å²) in [4.78, 5) is 14.0. The van der Waals surface area contributed by atoms with E-state index in [0.29, 0.717) is 6.04 Å². The van der Waals surface area contributed by atoms with E-state index in [0.717, 1.165) is 25.7 Å². The number of rotatable bonds is 2. The van der Waals surface area contributed by atoms with Crippen LogP contribution in [0, 0.1) is 0 Å². The first-order valence-corrected chi connectivity index (χ1v) is 6.67. The number of likely N-dealkylation sites (N-methyl/N-ethyl adjacent to an activating group) is 1. The lowest BCUT2D eigenvalue weighted by atomic mass is 9.74. The van der Waals surface area contributed by atoms with Crippen molar-refractivity contribution >= 4 is 5.97 Å². The van der Waals surface area contributed by atoms with Crippen LogP contribution in [-0.2, 0) is 4.79 Å². The highest BCUT2D eigenvalue weighted by atomic mass is 16.4. The molecule has 18 heavy (non-hydrogen) atoms. The molecule has 2 aliphatic rings. The largest absolute Gasteiger partial charge is 0.480 e. The quantitative estimate of drug-likeness (QED) is 0.870. The molecule has 2 fully saturated rings. The van der Waals surface area contributed by atoms with Crippen molar-refractivity contribution in [3.8, 4) is 0 Å². The van der Waals surface area contributed by atoms with Crippen LogP contribution in [0.2, 0.25) is 0 Å². The molecule has 0 aliphatic carbocycles. The van der Waals surface area contributed by atoms with Crippen LogP contribution < -0.4 is 0 Å². The first-order valence-electron chi connectivity index (χ1n) is 6.67. The number of fused-ring (bicyclic) bond motifs is 2. The molecule has 1 unspecified atom stereocenters. The maximum atomic E-state index is 11.9. The summed E-state index contributed by atoms with van der Waals surface area (Å²) in [6.45, 7) is 0. The fourth-order valence-electron chi connectivity index (χ4n) is 3.97. The molecule has 2 heterocycles. The zero-order valence-electron chi connectivity index (χ0n) is 10.7. The third-order valence-corrected chi connectivity index (χ3v) is 4.97. The van der Waals surface area contributed by atoms with Gasteiger partial charge in [-0.3, -0.25) is 9.69 Å². The lowest BCUT2D eigenvalue weighted by molar-refractivity contribution is -0.153. The summed E-state index contributed by atoms with van der Waals surface area (Å²) in [5.74, 6) is -0.527. The fraction of sp³-hybridized carbons (Fsp3) is 0.533. The Morgan fingerprint density at radius 2 is 2.00 bits per heavy atom. The fourth-order valence-corrected chi connectivity index (χ4v) is 3.97. The normalized spacial score (nSPS) is 35.6. The van der Waals surface area contributed by atoms with E-state index in [1.807, 2.05) is 25.2 Å². The van der Waals surface area contributed by atoms with Crippen LogP contribution in [0.3, 0.4) is 0 Å². The standard InChI is InChI=1S/C15H19NO2/c1-16-12-7-8-13(11-5-3-2-4-6-11)15(16,10-9-12)14(17)18/h2-6,12-13H,7-10H2,1H3,(H,17,18)/t12-,13?,15-/m1/s1. The molecular weight excluding hydrogens is 226 g/mol. The van der Waals surface area contributed by atoms with Crippen molar-refractivity contribution in [3.63, 3.8) is 0 Å². The van der Waals surface area contributed by atoms with Crippen molar-refractivity contribution in [1.29, 1.82) is 0 Å². The molecule has 2 bridgehead atoms. The molecule has 0 saturated carbocycles. The van der Waals surface area contributed by atoms with Crippen molar-refractivity contribution < 1.29 is 9.90 Å². The third-order valence-electron chi connectivity index (χ3n) is 4.97. The molecule has 2 saturated heterocycles. The SMILES string of the molecule is CN1[C@@H]2CCC(c3ccccc3)[C@@]1(C(=O)O)CC2. The highest BCUT2D eigenvalue weighted by molar-refractivity contribution is 5.81. The van der Waals surface area contributed by atoms with E-state index in [1.54, 1.807) is 0 Å². The molecule has 0 amide bonds. The molecule has 1 aromatic carbocycles. The van der Waals surface area contributed by atoms with Gasteiger partial charge in [0.05, 0.1) is 0 Å².